The Morgan fingerprint density at radius 1 is 1.58 bits per heavy atom. The summed E-state index contributed by atoms with van der Waals surface area (Å²) in [5.41, 5.74) is -0.223. The maximum absolute atomic E-state index is 11.6. The van der Waals surface area contributed by atoms with Crippen LogP contribution in [0.1, 0.15) is 20.3 Å². The molecule has 0 saturated carbocycles. The molecule has 1 rings (SSSR count). The van der Waals surface area contributed by atoms with Crippen LogP contribution in [-0.2, 0) is 4.79 Å². The number of carbonyl (C=O) groups is 1. The zero-order chi connectivity index (χ0) is 14.4. The molecule has 104 valence electrons. The second kappa shape index (κ2) is 6.94. The molecular formula is C12H15ClN2O4. The Balaban J connectivity index is 2.83. The Bertz CT molecular complexity index is 479. The van der Waals surface area contributed by atoms with Crippen molar-refractivity contribution in [2.75, 3.05) is 6.54 Å². The molecule has 0 aliphatic heterocycles. The second-order valence-electron chi connectivity index (χ2n) is 3.92. The van der Waals surface area contributed by atoms with Crippen LogP contribution in [0.3, 0.4) is 0 Å². The standard InChI is InChI=1S/C12H15ClN2O4/c1-3-6-14-12(16)8(2)19-11-7-9(13)4-5-10(11)15(17)18/h4-5,7-8H,3,6H2,1-2H3,(H,14,16). The number of ether oxygens (including phenoxy) is 1. The molecule has 0 fully saturated rings. The minimum absolute atomic E-state index is 0.0170. The molecule has 0 saturated heterocycles. The third-order valence-electron chi connectivity index (χ3n) is 2.34. The van der Waals surface area contributed by atoms with Gasteiger partial charge in [-0.1, -0.05) is 18.5 Å². The van der Waals surface area contributed by atoms with Crippen molar-refractivity contribution in [2.24, 2.45) is 0 Å². The van der Waals surface area contributed by atoms with Gasteiger partial charge < -0.3 is 10.1 Å². The first-order chi connectivity index (χ1) is 8.95. The lowest BCUT2D eigenvalue weighted by Crippen LogP contribution is -2.36. The molecule has 0 aliphatic carbocycles. The number of halogens is 1. The Labute approximate surface area is 115 Å². The number of amides is 1. The monoisotopic (exact) mass is 286 g/mol. The van der Waals surface area contributed by atoms with Crippen molar-refractivity contribution in [1.29, 1.82) is 0 Å². The lowest BCUT2D eigenvalue weighted by molar-refractivity contribution is -0.386. The van der Waals surface area contributed by atoms with Crippen LogP contribution in [0.2, 0.25) is 5.02 Å². The maximum Gasteiger partial charge on any atom is 0.311 e. The molecule has 1 atom stereocenters. The third kappa shape index (κ3) is 4.40. The Kier molecular flexibility index (Phi) is 5.57. The Morgan fingerprint density at radius 2 is 2.26 bits per heavy atom. The van der Waals surface area contributed by atoms with Crippen LogP contribution < -0.4 is 10.1 Å². The first-order valence-electron chi connectivity index (χ1n) is 5.84. The van der Waals surface area contributed by atoms with E-state index in [2.05, 4.69) is 5.32 Å². The smallest absolute Gasteiger partial charge is 0.311 e. The molecule has 1 aromatic carbocycles. The van der Waals surface area contributed by atoms with E-state index >= 15 is 0 Å². The SMILES string of the molecule is CCCNC(=O)C(C)Oc1cc(Cl)ccc1[N+](=O)[O-]. The zero-order valence-corrected chi connectivity index (χ0v) is 11.4. The molecule has 6 nitrogen and oxygen atoms in total. The van der Waals surface area contributed by atoms with Crippen LogP contribution >= 0.6 is 11.6 Å². The highest BCUT2D eigenvalue weighted by Gasteiger charge is 2.21. The number of rotatable bonds is 6. The van der Waals surface area contributed by atoms with E-state index in [0.29, 0.717) is 11.6 Å². The van der Waals surface area contributed by atoms with Crippen LogP contribution in [0.5, 0.6) is 5.75 Å². The number of nitro groups is 1. The van der Waals surface area contributed by atoms with E-state index in [0.717, 1.165) is 6.42 Å². The average molecular weight is 287 g/mol. The minimum Gasteiger partial charge on any atom is -0.474 e. The molecule has 0 radical (unpaired) electrons. The van der Waals surface area contributed by atoms with Crippen molar-refractivity contribution < 1.29 is 14.5 Å². The first kappa shape index (κ1) is 15.2. The number of benzene rings is 1. The molecule has 0 aromatic heterocycles. The van der Waals surface area contributed by atoms with E-state index in [1.807, 2.05) is 6.92 Å². The van der Waals surface area contributed by atoms with Gasteiger partial charge in [-0.15, -0.1) is 0 Å². The van der Waals surface area contributed by atoms with Crippen LogP contribution in [0.4, 0.5) is 5.69 Å². The van der Waals surface area contributed by atoms with Crippen LogP contribution in [0.15, 0.2) is 18.2 Å². The third-order valence-corrected chi connectivity index (χ3v) is 2.58. The molecule has 0 spiro atoms. The number of hydrogen-bond donors (Lipinski definition) is 1. The molecule has 0 aliphatic rings. The quantitative estimate of drug-likeness (QED) is 0.643. The van der Waals surface area contributed by atoms with Crippen molar-refractivity contribution in [3.63, 3.8) is 0 Å². The highest BCUT2D eigenvalue weighted by atomic mass is 35.5. The number of nitrogens with zero attached hydrogens (tertiary/aromatic N) is 1. The van der Waals surface area contributed by atoms with Gasteiger partial charge in [-0.2, -0.15) is 0 Å². The van der Waals surface area contributed by atoms with Gasteiger partial charge in [0.05, 0.1) is 4.92 Å². The Hall–Kier alpha value is -1.82. The fourth-order valence-electron chi connectivity index (χ4n) is 1.37. The summed E-state index contributed by atoms with van der Waals surface area (Å²) in [7, 11) is 0. The van der Waals surface area contributed by atoms with E-state index in [-0.39, 0.29) is 17.3 Å². The van der Waals surface area contributed by atoms with Crippen molar-refractivity contribution in [3.05, 3.63) is 33.3 Å². The minimum atomic E-state index is -0.830. The van der Waals surface area contributed by atoms with Crippen molar-refractivity contribution in [1.82, 2.24) is 5.32 Å². The van der Waals surface area contributed by atoms with Crippen LogP contribution in [0, 0.1) is 10.1 Å². The molecular weight excluding hydrogens is 272 g/mol. The zero-order valence-electron chi connectivity index (χ0n) is 10.7. The van der Waals surface area contributed by atoms with Gasteiger partial charge in [0.25, 0.3) is 5.91 Å². The van der Waals surface area contributed by atoms with Gasteiger partial charge in [0.2, 0.25) is 0 Å². The predicted molar refractivity (Wildman–Crippen MR) is 71.5 cm³/mol. The first-order valence-corrected chi connectivity index (χ1v) is 6.21. The van der Waals surface area contributed by atoms with Gasteiger partial charge in [0, 0.05) is 23.7 Å². The molecule has 0 heterocycles. The molecule has 0 bridgehead atoms. The maximum atomic E-state index is 11.6. The predicted octanol–water partition coefficient (Wildman–Crippen LogP) is 2.54. The Morgan fingerprint density at radius 3 is 2.84 bits per heavy atom. The summed E-state index contributed by atoms with van der Waals surface area (Å²) in [6, 6.07) is 3.96. The summed E-state index contributed by atoms with van der Waals surface area (Å²) >= 11 is 5.76. The molecule has 1 N–H and O–H groups in total. The van der Waals surface area contributed by atoms with Gasteiger partial charge in [-0.3, -0.25) is 14.9 Å². The number of nitro benzene ring substituents is 1. The van der Waals surface area contributed by atoms with E-state index in [9.17, 15) is 14.9 Å². The highest BCUT2D eigenvalue weighted by Crippen LogP contribution is 2.30. The number of carbonyl (C=O) groups excluding carboxylic acids is 1. The van der Waals surface area contributed by atoms with E-state index < -0.39 is 11.0 Å². The van der Waals surface area contributed by atoms with Gasteiger partial charge in [0.15, 0.2) is 11.9 Å². The van der Waals surface area contributed by atoms with E-state index in [4.69, 9.17) is 16.3 Å². The van der Waals surface area contributed by atoms with Gasteiger partial charge in [-0.25, -0.2) is 0 Å². The van der Waals surface area contributed by atoms with Crippen LogP contribution in [0.25, 0.3) is 0 Å². The summed E-state index contributed by atoms with van der Waals surface area (Å²) in [6.45, 7) is 3.98. The topological polar surface area (TPSA) is 81.5 Å². The van der Waals surface area contributed by atoms with Crippen molar-refractivity contribution >= 4 is 23.2 Å². The lowest BCUT2D eigenvalue weighted by atomic mass is 10.3. The molecule has 1 amide bonds. The summed E-state index contributed by atoms with van der Waals surface area (Å²) in [5, 5.41) is 13.8. The molecule has 1 aromatic rings. The number of nitrogens with one attached hydrogen (secondary N) is 1. The molecule has 7 heteroatoms. The number of hydrogen-bond acceptors (Lipinski definition) is 4. The van der Waals surface area contributed by atoms with Gasteiger partial charge in [0.1, 0.15) is 0 Å². The summed E-state index contributed by atoms with van der Waals surface area (Å²) in [4.78, 5) is 21.9. The largest absolute Gasteiger partial charge is 0.474 e. The lowest BCUT2D eigenvalue weighted by Gasteiger charge is -2.14. The van der Waals surface area contributed by atoms with E-state index in [1.165, 1.54) is 25.1 Å². The van der Waals surface area contributed by atoms with Crippen molar-refractivity contribution in [2.45, 2.75) is 26.4 Å². The fraction of sp³-hybridized carbons (Fsp3) is 0.417. The van der Waals surface area contributed by atoms with Crippen molar-refractivity contribution in [3.8, 4) is 5.75 Å². The summed E-state index contributed by atoms with van der Waals surface area (Å²) in [5.74, 6) is -0.340. The van der Waals surface area contributed by atoms with Gasteiger partial charge in [-0.05, 0) is 19.4 Å². The van der Waals surface area contributed by atoms with Gasteiger partial charge >= 0.3 is 5.69 Å². The molecule has 19 heavy (non-hydrogen) atoms. The average Bonchev–Trinajstić information content (AvgIpc) is 2.35. The summed E-state index contributed by atoms with van der Waals surface area (Å²) in [6.07, 6.45) is -0.0285. The highest BCUT2D eigenvalue weighted by molar-refractivity contribution is 6.30. The summed E-state index contributed by atoms with van der Waals surface area (Å²) < 4.78 is 5.31. The normalized spacial score (nSPS) is 11.7. The van der Waals surface area contributed by atoms with E-state index in [1.54, 1.807) is 0 Å². The second-order valence-corrected chi connectivity index (χ2v) is 4.36. The fourth-order valence-corrected chi connectivity index (χ4v) is 1.53. The van der Waals surface area contributed by atoms with Crippen LogP contribution in [-0.4, -0.2) is 23.5 Å². The molecule has 1 unspecified atom stereocenters.